The van der Waals surface area contributed by atoms with E-state index in [1.54, 1.807) is 9.80 Å². The first-order chi connectivity index (χ1) is 11.2. The number of aliphatic carboxylic acids is 1. The topological polar surface area (TPSA) is 87.2 Å². The van der Waals surface area contributed by atoms with Gasteiger partial charge in [0.15, 0.2) is 0 Å². The monoisotopic (exact) mass is 340 g/mol. The van der Waals surface area contributed by atoms with E-state index >= 15 is 0 Å². The SMILES string of the molecule is CC(C)(C)OC(=O)N1CCC[C@H](C(=O)N2CCC(C(=O)O)CC2)C1. The lowest BCUT2D eigenvalue weighted by Gasteiger charge is -2.37. The molecule has 0 radical (unpaired) electrons. The molecule has 2 amide bonds. The Kier molecular flexibility index (Phi) is 5.72. The van der Waals surface area contributed by atoms with E-state index in [0.717, 1.165) is 12.8 Å². The minimum atomic E-state index is -0.782. The van der Waals surface area contributed by atoms with Crippen molar-refractivity contribution < 1.29 is 24.2 Å². The molecule has 7 heteroatoms. The highest BCUT2D eigenvalue weighted by molar-refractivity contribution is 5.80. The molecular weight excluding hydrogens is 312 g/mol. The predicted octanol–water partition coefficient (Wildman–Crippen LogP) is 1.96. The molecule has 2 aliphatic heterocycles. The maximum Gasteiger partial charge on any atom is 0.410 e. The van der Waals surface area contributed by atoms with E-state index in [9.17, 15) is 14.4 Å². The molecule has 0 saturated carbocycles. The summed E-state index contributed by atoms with van der Waals surface area (Å²) < 4.78 is 5.39. The van der Waals surface area contributed by atoms with Crippen LogP contribution in [0, 0.1) is 11.8 Å². The van der Waals surface area contributed by atoms with Crippen LogP contribution in [-0.4, -0.2) is 64.7 Å². The largest absolute Gasteiger partial charge is 0.481 e. The van der Waals surface area contributed by atoms with Gasteiger partial charge in [-0.15, -0.1) is 0 Å². The highest BCUT2D eigenvalue weighted by Crippen LogP contribution is 2.24. The molecule has 2 saturated heterocycles. The van der Waals surface area contributed by atoms with Crippen LogP contribution < -0.4 is 0 Å². The van der Waals surface area contributed by atoms with Crippen LogP contribution in [0.5, 0.6) is 0 Å². The Bertz CT molecular complexity index is 492. The lowest BCUT2D eigenvalue weighted by molar-refractivity contribution is -0.147. The average molecular weight is 340 g/mol. The second-order valence-electron chi connectivity index (χ2n) is 7.70. The van der Waals surface area contributed by atoms with Gasteiger partial charge >= 0.3 is 12.1 Å². The molecule has 2 aliphatic rings. The van der Waals surface area contributed by atoms with Crippen molar-refractivity contribution in [3.8, 4) is 0 Å². The molecule has 0 aliphatic carbocycles. The van der Waals surface area contributed by atoms with Gasteiger partial charge in [-0.05, 0) is 46.5 Å². The Morgan fingerprint density at radius 1 is 0.958 bits per heavy atom. The predicted molar refractivity (Wildman–Crippen MR) is 87.5 cm³/mol. The zero-order valence-electron chi connectivity index (χ0n) is 14.8. The van der Waals surface area contributed by atoms with Crippen LogP contribution in [-0.2, 0) is 14.3 Å². The van der Waals surface area contributed by atoms with Crippen LogP contribution in [0.3, 0.4) is 0 Å². The molecule has 0 unspecified atom stereocenters. The van der Waals surface area contributed by atoms with Crippen molar-refractivity contribution >= 4 is 18.0 Å². The number of hydrogen-bond acceptors (Lipinski definition) is 4. The molecule has 24 heavy (non-hydrogen) atoms. The number of amides is 2. The van der Waals surface area contributed by atoms with Crippen LogP contribution in [0.25, 0.3) is 0 Å². The highest BCUT2D eigenvalue weighted by Gasteiger charge is 2.35. The lowest BCUT2D eigenvalue weighted by atomic mass is 9.93. The molecule has 0 spiro atoms. The standard InChI is InChI=1S/C17H28N2O5/c1-17(2,3)24-16(23)19-8-4-5-13(11-19)14(20)18-9-6-12(7-10-18)15(21)22/h12-13H,4-11H2,1-3H3,(H,21,22)/t13-/m0/s1. The molecule has 2 rings (SSSR count). The van der Waals surface area contributed by atoms with Crippen molar-refractivity contribution in [1.82, 2.24) is 9.80 Å². The van der Waals surface area contributed by atoms with Crippen LogP contribution in [0.4, 0.5) is 4.79 Å². The second-order valence-corrected chi connectivity index (χ2v) is 7.70. The molecule has 0 bridgehead atoms. The third-order valence-corrected chi connectivity index (χ3v) is 4.58. The maximum atomic E-state index is 12.7. The molecule has 2 heterocycles. The van der Waals surface area contributed by atoms with Gasteiger partial charge < -0.3 is 19.6 Å². The van der Waals surface area contributed by atoms with Crippen molar-refractivity contribution in [3.05, 3.63) is 0 Å². The van der Waals surface area contributed by atoms with E-state index in [-0.39, 0.29) is 23.8 Å². The zero-order chi connectivity index (χ0) is 17.9. The lowest BCUT2D eigenvalue weighted by Crippen LogP contribution is -2.49. The second kappa shape index (κ2) is 7.40. The Labute approximate surface area is 142 Å². The van der Waals surface area contributed by atoms with Gasteiger partial charge in [0.2, 0.25) is 5.91 Å². The maximum absolute atomic E-state index is 12.7. The molecule has 7 nitrogen and oxygen atoms in total. The number of rotatable bonds is 2. The van der Waals surface area contributed by atoms with Crippen LogP contribution in [0.1, 0.15) is 46.5 Å². The smallest absolute Gasteiger partial charge is 0.410 e. The fourth-order valence-corrected chi connectivity index (χ4v) is 3.28. The van der Waals surface area contributed by atoms with E-state index in [4.69, 9.17) is 9.84 Å². The minimum Gasteiger partial charge on any atom is -0.481 e. The van der Waals surface area contributed by atoms with Gasteiger partial charge in [0, 0.05) is 26.2 Å². The number of ether oxygens (including phenoxy) is 1. The van der Waals surface area contributed by atoms with E-state index in [1.165, 1.54) is 0 Å². The first-order valence-electron chi connectivity index (χ1n) is 8.67. The molecule has 0 aromatic rings. The van der Waals surface area contributed by atoms with Gasteiger partial charge in [-0.3, -0.25) is 9.59 Å². The number of carbonyl (C=O) groups excluding carboxylic acids is 2. The van der Waals surface area contributed by atoms with E-state index < -0.39 is 11.6 Å². The van der Waals surface area contributed by atoms with Crippen LogP contribution in [0.15, 0.2) is 0 Å². The number of carbonyl (C=O) groups is 3. The number of carboxylic acids is 1. The third-order valence-electron chi connectivity index (χ3n) is 4.58. The van der Waals surface area contributed by atoms with Gasteiger partial charge in [-0.2, -0.15) is 0 Å². The van der Waals surface area contributed by atoms with Gasteiger partial charge in [-0.1, -0.05) is 0 Å². The Morgan fingerprint density at radius 3 is 2.12 bits per heavy atom. The average Bonchev–Trinajstić information content (AvgIpc) is 2.53. The van der Waals surface area contributed by atoms with Gasteiger partial charge in [0.05, 0.1) is 11.8 Å². The summed E-state index contributed by atoms with van der Waals surface area (Å²) in [5, 5.41) is 9.04. The van der Waals surface area contributed by atoms with Crippen molar-refractivity contribution in [3.63, 3.8) is 0 Å². The highest BCUT2D eigenvalue weighted by atomic mass is 16.6. The summed E-state index contributed by atoms with van der Waals surface area (Å²) in [5.74, 6) is -1.31. The first-order valence-corrected chi connectivity index (χ1v) is 8.67. The quantitative estimate of drug-likeness (QED) is 0.830. The molecule has 2 fully saturated rings. The number of piperidine rings is 2. The minimum absolute atomic E-state index is 0.0343. The number of hydrogen-bond donors (Lipinski definition) is 1. The summed E-state index contributed by atoms with van der Waals surface area (Å²) in [7, 11) is 0. The van der Waals surface area contributed by atoms with Crippen molar-refractivity contribution in [2.75, 3.05) is 26.2 Å². The molecule has 1 atom stereocenters. The Balaban J connectivity index is 1.89. The fourth-order valence-electron chi connectivity index (χ4n) is 3.28. The summed E-state index contributed by atoms with van der Waals surface area (Å²) in [6.45, 7) is 7.43. The number of nitrogens with zero attached hydrogens (tertiary/aromatic N) is 2. The van der Waals surface area contributed by atoms with Crippen molar-refractivity contribution in [1.29, 1.82) is 0 Å². The summed E-state index contributed by atoms with van der Waals surface area (Å²) in [5.41, 5.74) is -0.549. The molecule has 0 aromatic carbocycles. The Hall–Kier alpha value is -1.79. The molecule has 136 valence electrons. The van der Waals surface area contributed by atoms with Crippen molar-refractivity contribution in [2.45, 2.75) is 52.1 Å². The normalized spacial score (nSPS) is 23.0. The molecule has 1 N–H and O–H groups in total. The van der Waals surface area contributed by atoms with Crippen LogP contribution in [0.2, 0.25) is 0 Å². The van der Waals surface area contributed by atoms with Gasteiger partial charge in [-0.25, -0.2) is 4.79 Å². The summed E-state index contributed by atoms with van der Waals surface area (Å²) in [6, 6.07) is 0. The van der Waals surface area contributed by atoms with E-state index in [0.29, 0.717) is 39.0 Å². The van der Waals surface area contributed by atoms with E-state index in [2.05, 4.69) is 0 Å². The summed E-state index contributed by atoms with van der Waals surface area (Å²) in [6.07, 6.45) is 2.18. The zero-order valence-corrected chi connectivity index (χ0v) is 14.8. The van der Waals surface area contributed by atoms with Gasteiger partial charge in [0.1, 0.15) is 5.60 Å². The first kappa shape index (κ1) is 18.5. The van der Waals surface area contributed by atoms with Crippen LogP contribution >= 0.6 is 0 Å². The summed E-state index contributed by atoms with van der Waals surface area (Å²) in [4.78, 5) is 39.2. The molecule has 0 aromatic heterocycles. The summed E-state index contributed by atoms with van der Waals surface area (Å²) >= 11 is 0. The van der Waals surface area contributed by atoms with Crippen molar-refractivity contribution in [2.24, 2.45) is 11.8 Å². The fraction of sp³-hybridized carbons (Fsp3) is 0.824. The van der Waals surface area contributed by atoms with Gasteiger partial charge in [0.25, 0.3) is 0 Å². The molecular formula is C17H28N2O5. The van der Waals surface area contributed by atoms with E-state index in [1.807, 2.05) is 20.8 Å². The Morgan fingerprint density at radius 2 is 1.58 bits per heavy atom. The third kappa shape index (κ3) is 4.85. The number of likely N-dealkylation sites (tertiary alicyclic amines) is 2. The number of carboxylic acid groups (broad SMARTS) is 1.